The maximum Gasteiger partial charge on any atom is 0.263 e. The van der Waals surface area contributed by atoms with E-state index in [0.29, 0.717) is 0 Å². The predicted molar refractivity (Wildman–Crippen MR) is 81.5 cm³/mol. The number of benzene rings is 1. The summed E-state index contributed by atoms with van der Waals surface area (Å²) >= 11 is 0. The summed E-state index contributed by atoms with van der Waals surface area (Å²) in [5, 5.41) is 0. The monoisotopic (exact) mass is 316 g/mol. The van der Waals surface area contributed by atoms with Gasteiger partial charge < -0.3 is 0 Å². The molecular formula is C17H20N2O4. The summed E-state index contributed by atoms with van der Waals surface area (Å²) in [7, 11) is 0. The van der Waals surface area contributed by atoms with Crippen LogP contribution in [0.1, 0.15) is 31.2 Å². The van der Waals surface area contributed by atoms with Gasteiger partial charge in [0.15, 0.2) is 0 Å². The number of carbonyl (C=O) groups excluding carboxylic acids is 3. The molecule has 1 saturated carbocycles. The van der Waals surface area contributed by atoms with Crippen LogP contribution in [-0.4, -0.2) is 29.2 Å². The number of nitrogens with zero attached hydrogens (tertiary/aromatic N) is 1. The van der Waals surface area contributed by atoms with Gasteiger partial charge in [-0.15, -0.1) is 0 Å². The van der Waals surface area contributed by atoms with E-state index < -0.39 is 5.91 Å². The van der Waals surface area contributed by atoms with Gasteiger partial charge in [0.25, 0.3) is 5.91 Å². The van der Waals surface area contributed by atoms with Crippen LogP contribution in [0.5, 0.6) is 0 Å². The molecule has 0 unspecified atom stereocenters. The minimum atomic E-state index is -0.485. The topological polar surface area (TPSA) is 75.7 Å². The molecule has 0 radical (unpaired) electrons. The Morgan fingerprint density at radius 2 is 1.70 bits per heavy atom. The number of likely N-dealkylation sites (tertiary alicyclic amines) is 1. The number of fused-ring (bicyclic) bond motifs is 1. The van der Waals surface area contributed by atoms with Gasteiger partial charge in [-0.05, 0) is 18.4 Å². The van der Waals surface area contributed by atoms with Crippen LogP contribution in [0.15, 0.2) is 30.3 Å². The number of nitrogens with one attached hydrogen (secondary N) is 1. The zero-order valence-electron chi connectivity index (χ0n) is 12.9. The van der Waals surface area contributed by atoms with Crippen molar-refractivity contribution in [3.05, 3.63) is 35.9 Å². The van der Waals surface area contributed by atoms with E-state index >= 15 is 0 Å². The summed E-state index contributed by atoms with van der Waals surface area (Å²) < 4.78 is 0. The van der Waals surface area contributed by atoms with Crippen LogP contribution in [0.4, 0.5) is 0 Å². The van der Waals surface area contributed by atoms with Gasteiger partial charge in [-0.3, -0.25) is 24.1 Å². The van der Waals surface area contributed by atoms with Crippen molar-refractivity contribution in [1.82, 2.24) is 10.4 Å². The van der Waals surface area contributed by atoms with Crippen LogP contribution in [0, 0.1) is 11.8 Å². The van der Waals surface area contributed by atoms with Gasteiger partial charge in [0.2, 0.25) is 11.8 Å². The number of carbonyl (C=O) groups is 3. The third-order valence-electron chi connectivity index (χ3n) is 4.50. The lowest BCUT2D eigenvalue weighted by molar-refractivity contribution is -0.147. The minimum Gasteiger partial charge on any atom is -0.274 e. The number of amides is 3. The van der Waals surface area contributed by atoms with Crippen molar-refractivity contribution in [3.8, 4) is 0 Å². The van der Waals surface area contributed by atoms with Crippen molar-refractivity contribution >= 4 is 17.7 Å². The predicted octanol–water partition coefficient (Wildman–Crippen LogP) is 1.41. The molecular weight excluding hydrogens is 296 g/mol. The maximum absolute atomic E-state index is 12.3. The molecule has 1 heterocycles. The molecule has 1 aliphatic carbocycles. The fraction of sp³-hybridized carbons (Fsp3) is 0.471. The highest BCUT2D eigenvalue weighted by Crippen LogP contribution is 2.37. The van der Waals surface area contributed by atoms with Crippen molar-refractivity contribution in [2.45, 2.75) is 32.3 Å². The summed E-state index contributed by atoms with van der Waals surface area (Å²) in [6, 6.07) is 9.41. The number of hydrogen-bond donors (Lipinski definition) is 1. The first-order valence-corrected chi connectivity index (χ1v) is 7.96. The van der Waals surface area contributed by atoms with Crippen LogP contribution in [0.25, 0.3) is 0 Å². The molecule has 6 nitrogen and oxygen atoms in total. The summed E-state index contributed by atoms with van der Waals surface area (Å²) in [5.41, 5.74) is 3.22. The molecule has 122 valence electrons. The van der Waals surface area contributed by atoms with E-state index in [2.05, 4.69) is 5.48 Å². The van der Waals surface area contributed by atoms with E-state index in [-0.39, 0.29) is 36.8 Å². The van der Waals surface area contributed by atoms with Crippen LogP contribution < -0.4 is 5.48 Å². The maximum atomic E-state index is 12.3. The van der Waals surface area contributed by atoms with Crippen LogP contribution in [0.2, 0.25) is 0 Å². The van der Waals surface area contributed by atoms with E-state index in [0.717, 1.165) is 36.1 Å². The van der Waals surface area contributed by atoms with Gasteiger partial charge in [0.1, 0.15) is 6.54 Å². The lowest BCUT2D eigenvalue weighted by Crippen LogP contribution is -2.41. The molecule has 1 N–H and O–H groups in total. The normalized spacial score (nSPS) is 23.7. The van der Waals surface area contributed by atoms with Crippen molar-refractivity contribution in [2.24, 2.45) is 11.8 Å². The molecule has 1 aliphatic heterocycles. The van der Waals surface area contributed by atoms with Gasteiger partial charge in [-0.25, -0.2) is 5.48 Å². The third-order valence-corrected chi connectivity index (χ3v) is 4.50. The zero-order valence-corrected chi connectivity index (χ0v) is 12.9. The second kappa shape index (κ2) is 6.91. The third kappa shape index (κ3) is 3.42. The Morgan fingerprint density at radius 1 is 1.09 bits per heavy atom. The minimum absolute atomic E-state index is 0.210. The first-order valence-electron chi connectivity index (χ1n) is 7.96. The number of rotatable bonds is 5. The molecule has 1 aromatic rings. The number of hydroxylamine groups is 1. The molecule has 0 bridgehead atoms. The molecule has 2 atom stereocenters. The fourth-order valence-electron chi connectivity index (χ4n) is 3.34. The fourth-order valence-corrected chi connectivity index (χ4v) is 3.34. The van der Waals surface area contributed by atoms with E-state index in [1.54, 1.807) is 0 Å². The molecule has 1 aromatic carbocycles. The van der Waals surface area contributed by atoms with Crippen LogP contribution >= 0.6 is 0 Å². The quantitative estimate of drug-likeness (QED) is 0.658. The molecule has 1 saturated heterocycles. The number of hydrogen-bond acceptors (Lipinski definition) is 4. The van der Waals surface area contributed by atoms with Crippen molar-refractivity contribution in [2.75, 3.05) is 6.54 Å². The average molecular weight is 316 g/mol. The Bertz CT molecular complexity index is 578. The Kier molecular flexibility index (Phi) is 4.71. The van der Waals surface area contributed by atoms with E-state index in [1.165, 1.54) is 0 Å². The molecule has 3 amide bonds. The van der Waals surface area contributed by atoms with Gasteiger partial charge in [-0.2, -0.15) is 0 Å². The molecule has 23 heavy (non-hydrogen) atoms. The summed E-state index contributed by atoms with van der Waals surface area (Å²) in [4.78, 5) is 42.7. The van der Waals surface area contributed by atoms with Gasteiger partial charge in [0.05, 0.1) is 18.4 Å². The van der Waals surface area contributed by atoms with E-state index in [9.17, 15) is 14.4 Å². The largest absolute Gasteiger partial charge is 0.274 e. The Labute approximate surface area is 134 Å². The standard InChI is InChI=1S/C17H20N2O4/c20-15(18-23-11-12-6-2-1-3-7-12)10-19-16(21)13-8-4-5-9-14(13)17(19)22/h1-3,6-7,13-14H,4-5,8-11H2,(H,18,20)/t13-,14-/m1/s1. The highest BCUT2D eigenvalue weighted by molar-refractivity contribution is 6.07. The highest BCUT2D eigenvalue weighted by Gasteiger charge is 2.48. The second-order valence-electron chi connectivity index (χ2n) is 6.06. The molecule has 0 spiro atoms. The smallest absolute Gasteiger partial charge is 0.263 e. The second-order valence-corrected chi connectivity index (χ2v) is 6.06. The van der Waals surface area contributed by atoms with E-state index in [4.69, 9.17) is 4.84 Å². The average Bonchev–Trinajstić information content (AvgIpc) is 2.81. The van der Waals surface area contributed by atoms with Crippen molar-refractivity contribution < 1.29 is 19.2 Å². The first kappa shape index (κ1) is 15.7. The first-order chi connectivity index (χ1) is 11.2. The summed E-state index contributed by atoms with van der Waals surface area (Å²) in [5.74, 6) is -1.36. The van der Waals surface area contributed by atoms with Gasteiger partial charge in [0, 0.05) is 0 Å². The molecule has 6 heteroatoms. The summed E-state index contributed by atoms with van der Waals surface area (Å²) in [6.07, 6.45) is 3.44. The van der Waals surface area contributed by atoms with Gasteiger partial charge in [-0.1, -0.05) is 43.2 Å². The Balaban J connectivity index is 1.49. The van der Waals surface area contributed by atoms with Crippen LogP contribution in [-0.2, 0) is 25.8 Å². The zero-order chi connectivity index (χ0) is 16.2. The molecule has 0 aromatic heterocycles. The van der Waals surface area contributed by atoms with E-state index in [1.807, 2.05) is 30.3 Å². The Morgan fingerprint density at radius 3 is 2.30 bits per heavy atom. The van der Waals surface area contributed by atoms with Crippen molar-refractivity contribution in [1.29, 1.82) is 0 Å². The SMILES string of the molecule is O=C(CN1C(=O)[C@@H]2CCCC[C@H]2C1=O)NOCc1ccccc1. The molecule has 3 rings (SSSR count). The van der Waals surface area contributed by atoms with Crippen LogP contribution in [0.3, 0.4) is 0 Å². The highest BCUT2D eigenvalue weighted by atomic mass is 16.6. The molecule has 2 aliphatic rings. The lowest BCUT2D eigenvalue weighted by Gasteiger charge is -2.19. The van der Waals surface area contributed by atoms with Gasteiger partial charge >= 0.3 is 0 Å². The Hall–Kier alpha value is -2.21. The summed E-state index contributed by atoms with van der Waals surface area (Å²) in [6.45, 7) is -0.0286. The van der Waals surface area contributed by atoms with Crippen molar-refractivity contribution in [3.63, 3.8) is 0 Å². The molecule has 2 fully saturated rings. The lowest BCUT2D eigenvalue weighted by atomic mass is 9.81. The number of imide groups is 1.